The van der Waals surface area contributed by atoms with Gasteiger partial charge in [-0.3, -0.25) is 9.63 Å². The van der Waals surface area contributed by atoms with Crippen LogP contribution >= 0.6 is 22.6 Å². The van der Waals surface area contributed by atoms with Crippen molar-refractivity contribution in [3.63, 3.8) is 0 Å². The lowest BCUT2D eigenvalue weighted by molar-refractivity contribution is -0.0295. The lowest BCUT2D eigenvalue weighted by Crippen LogP contribution is -2.30. The molecule has 0 aliphatic carbocycles. The number of halogens is 3. The van der Waals surface area contributed by atoms with Crippen molar-refractivity contribution in [2.45, 2.75) is 6.10 Å². The predicted molar refractivity (Wildman–Crippen MR) is 105 cm³/mol. The third kappa shape index (κ3) is 4.41. The van der Waals surface area contributed by atoms with Crippen LogP contribution in [-0.4, -0.2) is 35.4 Å². The van der Waals surface area contributed by atoms with Gasteiger partial charge in [0.25, 0.3) is 5.91 Å². The van der Waals surface area contributed by atoms with E-state index in [1.807, 2.05) is 22.6 Å². The number of aliphatic hydroxyl groups is 2. The number of fused-ring (bicyclic) bond motifs is 1. The molecule has 1 atom stereocenters. The van der Waals surface area contributed by atoms with E-state index in [4.69, 9.17) is 14.4 Å². The fourth-order valence-electron chi connectivity index (χ4n) is 2.41. The quantitative estimate of drug-likeness (QED) is 0.292. The molecule has 0 aliphatic heterocycles. The number of rotatable bonds is 7. The Bertz CT molecular complexity index is 1010. The van der Waals surface area contributed by atoms with E-state index in [2.05, 4.69) is 10.8 Å². The van der Waals surface area contributed by atoms with Crippen LogP contribution in [0, 0.1) is 15.2 Å². The van der Waals surface area contributed by atoms with Crippen molar-refractivity contribution in [2.75, 3.05) is 18.5 Å². The van der Waals surface area contributed by atoms with Gasteiger partial charge < -0.3 is 19.9 Å². The van der Waals surface area contributed by atoms with Gasteiger partial charge in [0.1, 0.15) is 18.5 Å². The van der Waals surface area contributed by atoms with E-state index in [0.717, 1.165) is 0 Å². The molecule has 0 saturated heterocycles. The van der Waals surface area contributed by atoms with Gasteiger partial charge >= 0.3 is 0 Å². The number of amides is 1. The summed E-state index contributed by atoms with van der Waals surface area (Å²) >= 11 is 1.94. The van der Waals surface area contributed by atoms with Crippen LogP contribution < -0.4 is 10.8 Å². The second kappa shape index (κ2) is 8.82. The fraction of sp³-hybridized carbons (Fsp3) is 0.167. The molecule has 10 heteroatoms. The highest BCUT2D eigenvalue weighted by atomic mass is 127. The third-order valence-electron chi connectivity index (χ3n) is 3.77. The van der Waals surface area contributed by atoms with Crippen molar-refractivity contribution >= 4 is 50.8 Å². The van der Waals surface area contributed by atoms with Crippen LogP contribution in [0.3, 0.4) is 0 Å². The van der Waals surface area contributed by atoms with Crippen LogP contribution in [0.25, 0.3) is 11.0 Å². The molecule has 0 bridgehead atoms. The first kappa shape index (κ1) is 20.5. The maximum Gasteiger partial charge on any atom is 0.277 e. The van der Waals surface area contributed by atoms with Gasteiger partial charge in [-0.25, -0.2) is 14.3 Å². The van der Waals surface area contributed by atoms with Gasteiger partial charge in [-0.1, -0.05) is 0 Å². The second-order valence-corrected chi connectivity index (χ2v) is 7.03. The Morgan fingerprint density at radius 2 is 2.07 bits per heavy atom. The minimum atomic E-state index is -1.19. The van der Waals surface area contributed by atoms with Crippen molar-refractivity contribution in [3.8, 4) is 0 Å². The Kier molecular flexibility index (Phi) is 6.44. The first-order chi connectivity index (χ1) is 13.4. The largest absolute Gasteiger partial charge is 0.461 e. The molecule has 0 unspecified atom stereocenters. The molecule has 1 aromatic heterocycles. The lowest BCUT2D eigenvalue weighted by Gasteiger charge is -2.15. The van der Waals surface area contributed by atoms with Crippen LogP contribution in [0.1, 0.15) is 10.4 Å². The molecule has 3 rings (SSSR count). The average molecular weight is 504 g/mol. The summed E-state index contributed by atoms with van der Waals surface area (Å²) in [6, 6.07) is 7.12. The zero-order valence-electron chi connectivity index (χ0n) is 14.2. The Morgan fingerprint density at radius 1 is 1.29 bits per heavy atom. The highest BCUT2D eigenvalue weighted by Crippen LogP contribution is 2.33. The summed E-state index contributed by atoms with van der Waals surface area (Å²) in [7, 11) is 0. The second-order valence-electron chi connectivity index (χ2n) is 5.78. The first-order valence-corrected chi connectivity index (χ1v) is 9.11. The molecule has 28 heavy (non-hydrogen) atoms. The average Bonchev–Trinajstić information content (AvgIpc) is 3.14. The Labute approximate surface area is 171 Å². The molecule has 2 aromatic carbocycles. The van der Waals surface area contributed by atoms with Gasteiger partial charge in [0.15, 0.2) is 11.4 Å². The number of aliphatic hydroxyl groups excluding tert-OH is 2. The van der Waals surface area contributed by atoms with Crippen molar-refractivity contribution in [2.24, 2.45) is 0 Å². The van der Waals surface area contributed by atoms with E-state index >= 15 is 0 Å². The number of benzene rings is 2. The molecule has 1 amide bonds. The van der Waals surface area contributed by atoms with Crippen molar-refractivity contribution in [3.05, 3.63) is 57.4 Å². The monoisotopic (exact) mass is 504 g/mol. The molecule has 0 fully saturated rings. The Morgan fingerprint density at radius 3 is 2.79 bits per heavy atom. The molecule has 4 N–H and O–H groups in total. The van der Waals surface area contributed by atoms with Gasteiger partial charge in [-0.2, -0.15) is 0 Å². The predicted octanol–water partition coefficient (Wildman–Crippen LogP) is 3.07. The van der Waals surface area contributed by atoms with Crippen LogP contribution in [0.2, 0.25) is 0 Å². The fourth-order valence-corrected chi connectivity index (χ4v) is 2.86. The van der Waals surface area contributed by atoms with E-state index in [0.29, 0.717) is 8.96 Å². The molecule has 148 valence electrons. The van der Waals surface area contributed by atoms with Crippen LogP contribution in [0.4, 0.5) is 20.2 Å². The minimum Gasteiger partial charge on any atom is -0.461 e. The van der Waals surface area contributed by atoms with Crippen molar-refractivity contribution < 1.29 is 33.0 Å². The van der Waals surface area contributed by atoms with E-state index in [-0.39, 0.29) is 29.1 Å². The van der Waals surface area contributed by atoms with Crippen LogP contribution in [0.5, 0.6) is 0 Å². The molecular weight excluding hydrogens is 489 g/mol. The number of furan rings is 1. The normalized spacial score (nSPS) is 12.2. The number of carbonyl (C=O) groups excluding carboxylic acids is 1. The summed E-state index contributed by atoms with van der Waals surface area (Å²) in [5.74, 6) is -2.33. The highest BCUT2D eigenvalue weighted by Gasteiger charge is 2.22. The van der Waals surface area contributed by atoms with Gasteiger partial charge in [0.2, 0.25) is 0 Å². The molecule has 3 aromatic rings. The summed E-state index contributed by atoms with van der Waals surface area (Å²) in [5, 5.41) is 20.9. The van der Waals surface area contributed by atoms with Gasteiger partial charge in [0, 0.05) is 8.96 Å². The van der Waals surface area contributed by atoms with E-state index in [1.54, 1.807) is 6.07 Å². The maximum absolute atomic E-state index is 15.0. The summed E-state index contributed by atoms with van der Waals surface area (Å²) in [6.07, 6.45) is 0.0746. The van der Waals surface area contributed by atoms with Gasteiger partial charge in [0.05, 0.1) is 29.8 Å². The minimum absolute atomic E-state index is 0.0316. The molecule has 0 saturated carbocycles. The molecule has 7 nitrogen and oxygen atoms in total. The summed E-state index contributed by atoms with van der Waals surface area (Å²) in [6.45, 7) is -0.919. The maximum atomic E-state index is 15.0. The molecule has 1 heterocycles. The van der Waals surface area contributed by atoms with Gasteiger partial charge in [-0.15, -0.1) is 0 Å². The standard InChI is InChI=1S/C18H15F2IN2O5/c19-13-6-10(21)1-2-14(13)22-16-12(18(26)23-28-8-11(25)7-24)5-9-3-4-27-17(9)15(16)20/h1-6,11,22,24-25H,7-8H2,(H,23,26)/t11-/m1/s1. The number of anilines is 2. The smallest absolute Gasteiger partial charge is 0.277 e. The molecule has 0 spiro atoms. The van der Waals surface area contributed by atoms with Crippen molar-refractivity contribution in [1.82, 2.24) is 5.48 Å². The molecule has 0 aliphatic rings. The Hall–Kier alpha value is -2.28. The zero-order valence-corrected chi connectivity index (χ0v) is 16.4. The summed E-state index contributed by atoms with van der Waals surface area (Å²) in [4.78, 5) is 17.3. The van der Waals surface area contributed by atoms with Crippen molar-refractivity contribution in [1.29, 1.82) is 0 Å². The van der Waals surface area contributed by atoms with E-state index in [1.165, 1.54) is 30.5 Å². The first-order valence-electron chi connectivity index (χ1n) is 8.03. The molecular formula is C18H15F2IN2O5. The van der Waals surface area contributed by atoms with Crippen LogP contribution in [-0.2, 0) is 4.84 Å². The number of hydrogen-bond donors (Lipinski definition) is 4. The summed E-state index contributed by atoms with van der Waals surface area (Å²) < 4.78 is 34.9. The highest BCUT2D eigenvalue weighted by molar-refractivity contribution is 14.1. The van der Waals surface area contributed by atoms with E-state index in [9.17, 15) is 18.7 Å². The lowest BCUT2D eigenvalue weighted by atomic mass is 10.1. The van der Waals surface area contributed by atoms with Crippen LogP contribution in [0.15, 0.2) is 41.0 Å². The number of carbonyl (C=O) groups is 1. The number of hydroxylamine groups is 1. The topological polar surface area (TPSA) is 104 Å². The molecule has 0 radical (unpaired) electrons. The third-order valence-corrected chi connectivity index (χ3v) is 4.44. The SMILES string of the molecule is O=C(NOC[C@H](O)CO)c1cc2ccoc2c(F)c1Nc1ccc(I)cc1F. The number of hydrogen-bond acceptors (Lipinski definition) is 6. The number of nitrogens with one attached hydrogen (secondary N) is 2. The zero-order chi connectivity index (χ0) is 20.3. The van der Waals surface area contributed by atoms with Gasteiger partial charge in [-0.05, 0) is 52.9 Å². The summed E-state index contributed by atoms with van der Waals surface area (Å²) in [5.41, 5.74) is 1.46. The Balaban J connectivity index is 1.96. The van der Waals surface area contributed by atoms with E-state index < -0.39 is 30.3 Å².